The molecule has 1 heterocycles. The number of hydrogen-bond donors (Lipinski definition) is 1. The fraction of sp³-hybridized carbons (Fsp3) is 0.600. The zero-order valence-electron chi connectivity index (χ0n) is 21.6. The number of ketones is 2. The number of halogens is 4. The van der Waals surface area contributed by atoms with E-state index >= 15 is 4.39 Å². The molecule has 0 amide bonds. The van der Waals surface area contributed by atoms with Crippen molar-refractivity contribution in [1.82, 2.24) is 4.90 Å². The molecule has 0 aromatic heterocycles. The van der Waals surface area contributed by atoms with Crippen LogP contribution >= 0.6 is 0 Å². The van der Waals surface area contributed by atoms with Crippen molar-refractivity contribution >= 4 is 11.6 Å². The molecule has 6 rings (SSSR count). The first-order chi connectivity index (χ1) is 17.9. The molecule has 0 spiro atoms. The van der Waals surface area contributed by atoms with Crippen LogP contribution in [0.3, 0.4) is 0 Å². The first-order valence-electron chi connectivity index (χ1n) is 13.5. The Morgan fingerprint density at radius 2 is 1.87 bits per heavy atom. The Morgan fingerprint density at radius 1 is 1.16 bits per heavy atom. The van der Waals surface area contributed by atoms with E-state index in [-0.39, 0.29) is 55.4 Å². The summed E-state index contributed by atoms with van der Waals surface area (Å²) in [6.07, 6.45) is 3.36. The SMILES string of the molecule is CC12C=CC(=O)C=C1C(F)CC1C2C(O)CC2(C)C1CC1CN(Cc3cc(F)cc(F)c3)CC12C(=O)CF. The number of nitrogens with zero attached hydrogens (tertiary/aromatic N) is 1. The topological polar surface area (TPSA) is 57.6 Å². The molecule has 3 saturated carbocycles. The van der Waals surface area contributed by atoms with Crippen molar-refractivity contribution in [1.29, 1.82) is 0 Å². The van der Waals surface area contributed by atoms with Crippen LogP contribution in [-0.2, 0) is 16.1 Å². The minimum absolute atomic E-state index is 0.104. The molecule has 4 fully saturated rings. The van der Waals surface area contributed by atoms with E-state index in [0.717, 1.165) is 6.07 Å². The van der Waals surface area contributed by atoms with Gasteiger partial charge in [0.1, 0.15) is 24.5 Å². The number of benzene rings is 1. The van der Waals surface area contributed by atoms with Crippen molar-refractivity contribution in [2.45, 2.75) is 51.9 Å². The van der Waals surface area contributed by atoms with Gasteiger partial charge in [0.05, 0.1) is 11.5 Å². The third-order valence-corrected chi connectivity index (χ3v) is 11.0. The largest absolute Gasteiger partial charge is 0.393 e. The van der Waals surface area contributed by atoms with Gasteiger partial charge in [0.2, 0.25) is 0 Å². The van der Waals surface area contributed by atoms with Crippen LogP contribution in [0.4, 0.5) is 17.6 Å². The summed E-state index contributed by atoms with van der Waals surface area (Å²) < 4.78 is 57.6. The van der Waals surface area contributed by atoms with E-state index < -0.39 is 52.6 Å². The summed E-state index contributed by atoms with van der Waals surface area (Å²) >= 11 is 0. The van der Waals surface area contributed by atoms with E-state index in [4.69, 9.17) is 0 Å². The van der Waals surface area contributed by atoms with E-state index in [2.05, 4.69) is 0 Å². The van der Waals surface area contributed by atoms with E-state index in [0.29, 0.717) is 24.1 Å². The number of alkyl halides is 2. The van der Waals surface area contributed by atoms with Gasteiger partial charge in [0.15, 0.2) is 11.6 Å². The van der Waals surface area contributed by atoms with Crippen LogP contribution in [0, 0.1) is 51.6 Å². The summed E-state index contributed by atoms with van der Waals surface area (Å²) in [5, 5.41) is 11.7. The average molecular weight is 532 g/mol. The smallest absolute Gasteiger partial charge is 0.178 e. The molecular formula is C30H33F4NO3. The summed E-state index contributed by atoms with van der Waals surface area (Å²) in [5.41, 5.74) is -1.80. The minimum Gasteiger partial charge on any atom is -0.393 e. The highest BCUT2D eigenvalue weighted by Gasteiger charge is 2.73. The highest BCUT2D eigenvalue weighted by atomic mass is 19.1. The number of fused-ring (bicyclic) bond motifs is 7. The summed E-state index contributed by atoms with van der Waals surface area (Å²) in [6, 6.07) is 3.33. The van der Waals surface area contributed by atoms with Crippen LogP contribution in [-0.4, -0.2) is 53.6 Å². The summed E-state index contributed by atoms with van der Waals surface area (Å²) in [7, 11) is 0. The minimum atomic E-state index is -1.34. The number of aliphatic hydroxyl groups excluding tert-OH is 1. The quantitative estimate of drug-likeness (QED) is 0.570. The van der Waals surface area contributed by atoms with Crippen molar-refractivity contribution < 1.29 is 32.3 Å². The van der Waals surface area contributed by atoms with Crippen LogP contribution in [0.25, 0.3) is 0 Å². The fourth-order valence-electron chi connectivity index (χ4n) is 9.71. The van der Waals surface area contributed by atoms with E-state index in [9.17, 15) is 27.9 Å². The number of allylic oxidation sites excluding steroid dienone is 4. The maximum atomic E-state index is 15.7. The molecule has 38 heavy (non-hydrogen) atoms. The van der Waals surface area contributed by atoms with Crippen molar-refractivity contribution in [2.75, 3.05) is 19.8 Å². The maximum absolute atomic E-state index is 15.7. The Hall–Kier alpha value is -2.32. The Bertz CT molecular complexity index is 1240. The van der Waals surface area contributed by atoms with Crippen LogP contribution in [0.1, 0.15) is 38.7 Å². The second-order valence-electron chi connectivity index (χ2n) is 12.7. The van der Waals surface area contributed by atoms with Gasteiger partial charge in [0, 0.05) is 37.0 Å². The zero-order valence-corrected chi connectivity index (χ0v) is 21.6. The highest BCUT2D eigenvalue weighted by molar-refractivity contribution is 6.01. The van der Waals surface area contributed by atoms with Crippen LogP contribution in [0.5, 0.6) is 0 Å². The third-order valence-electron chi connectivity index (χ3n) is 11.0. The van der Waals surface area contributed by atoms with Gasteiger partial charge in [-0.1, -0.05) is 19.9 Å². The molecule has 9 unspecified atom stereocenters. The molecule has 1 aliphatic heterocycles. The second-order valence-corrected chi connectivity index (χ2v) is 12.7. The van der Waals surface area contributed by atoms with Crippen LogP contribution < -0.4 is 0 Å². The van der Waals surface area contributed by atoms with Gasteiger partial charge >= 0.3 is 0 Å². The lowest BCUT2D eigenvalue weighted by Gasteiger charge is -2.60. The zero-order chi connectivity index (χ0) is 27.2. The standard InChI is InChI=1S/C30H33F4NO3/c1-28-4-3-20(36)9-23(28)24(34)10-21-22-7-17-14-35(13-16-5-18(32)8-19(33)6-16)15-30(17,26(38)12-31)29(22,2)11-25(37)27(21)28/h3-6,8-9,17,21-22,24-25,27,37H,7,10-15H2,1-2H3. The van der Waals surface area contributed by atoms with Gasteiger partial charge in [0.25, 0.3) is 0 Å². The number of rotatable bonds is 4. The van der Waals surface area contributed by atoms with Gasteiger partial charge in [-0.15, -0.1) is 0 Å². The molecule has 0 radical (unpaired) electrons. The molecule has 1 saturated heterocycles. The lowest BCUT2D eigenvalue weighted by atomic mass is 9.44. The molecule has 204 valence electrons. The molecule has 1 N–H and O–H groups in total. The van der Waals surface area contributed by atoms with Crippen molar-refractivity contribution in [3.63, 3.8) is 0 Å². The van der Waals surface area contributed by atoms with E-state index in [1.807, 2.05) is 18.7 Å². The second kappa shape index (κ2) is 8.59. The number of likely N-dealkylation sites (tertiary alicyclic amines) is 1. The third kappa shape index (κ3) is 3.41. The number of Topliss-reactive ketones (excluding diaryl/α,β-unsaturated/α-hetero) is 1. The van der Waals surface area contributed by atoms with E-state index in [1.165, 1.54) is 24.3 Å². The molecule has 4 nitrogen and oxygen atoms in total. The fourth-order valence-corrected chi connectivity index (χ4v) is 9.71. The summed E-state index contributed by atoms with van der Waals surface area (Å²) in [4.78, 5) is 27.5. The number of carbonyl (C=O) groups excluding carboxylic acids is 2. The van der Waals surface area contributed by atoms with Gasteiger partial charge in [-0.2, -0.15) is 0 Å². The molecule has 9 atom stereocenters. The van der Waals surface area contributed by atoms with Crippen molar-refractivity contribution in [3.05, 3.63) is 59.2 Å². The Kier molecular flexibility index (Phi) is 5.86. The molecule has 4 aliphatic carbocycles. The molecule has 8 heteroatoms. The first kappa shape index (κ1) is 25.9. The van der Waals surface area contributed by atoms with Crippen LogP contribution in [0.2, 0.25) is 0 Å². The normalized spacial score (nSPS) is 43.8. The van der Waals surface area contributed by atoms with Gasteiger partial charge in [-0.3, -0.25) is 14.5 Å². The van der Waals surface area contributed by atoms with Crippen LogP contribution in [0.15, 0.2) is 42.0 Å². The Labute approximate surface area is 219 Å². The number of carbonyl (C=O) groups is 2. The molecule has 1 aromatic rings. The molecule has 0 bridgehead atoms. The predicted molar refractivity (Wildman–Crippen MR) is 132 cm³/mol. The molecular weight excluding hydrogens is 498 g/mol. The first-order valence-corrected chi connectivity index (χ1v) is 13.5. The summed E-state index contributed by atoms with van der Waals surface area (Å²) in [5.74, 6) is -2.99. The Morgan fingerprint density at radius 3 is 2.55 bits per heavy atom. The van der Waals surface area contributed by atoms with Gasteiger partial charge in [-0.25, -0.2) is 17.6 Å². The lowest BCUT2D eigenvalue weighted by Crippen LogP contribution is -2.61. The lowest BCUT2D eigenvalue weighted by molar-refractivity contribution is -0.160. The van der Waals surface area contributed by atoms with Crippen molar-refractivity contribution in [2.24, 2.45) is 39.9 Å². The van der Waals surface area contributed by atoms with Gasteiger partial charge < -0.3 is 5.11 Å². The molecule has 5 aliphatic rings. The average Bonchev–Trinajstić information content (AvgIpc) is 3.31. The highest BCUT2D eigenvalue weighted by Crippen LogP contribution is 2.72. The predicted octanol–water partition coefficient (Wildman–Crippen LogP) is 4.76. The van der Waals surface area contributed by atoms with E-state index in [1.54, 1.807) is 6.08 Å². The Balaban J connectivity index is 1.36. The number of aliphatic hydroxyl groups is 1. The summed E-state index contributed by atoms with van der Waals surface area (Å²) in [6.45, 7) is 3.61. The molecule has 1 aromatic carbocycles. The number of hydrogen-bond acceptors (Lipinski definition) is 4. The van der Waals surface area contributed by atoms with Crippen molar-refractivity contribution in [3.8, 4) is 0 Å². The van der Waals surface area contributed by atoms with Gasteiger partial charge in [-0.05, 0) is 77.9 Å². The maximum Gasteiger partial charge on any atom is 0.178 e. The monoisotopic (exact) mass is 531 g/mol.